The van der Waals surface area contributed by atoms with Crippen LogP contribution in [0.25, 0.3) is 10.9 Å². The fraction of sp³-hybridized carbons (Fsp3) is 0.471. The lowest BCUT2D eigenvalue weighted by Crippen LogP contribution is -2.44. The van der Waals surface area contributed by atoms with Crippen molar-refractivity contribution in [3.05, 3.63) is 30.0 Å². The molecule has 1 fully saturated rings. The van der Waals surface area contributed by atoms with Crippen molar-refractivity contribution in [2.45, 2.75) is 26.4 Å². The molecule has 21 heavy (non-hydrogen) atoms. The van der Waals surface area contributed by atoms with Gasteiger partial charge >= 0.3 is 0 Å². The molecule has 0 bridgehead atoms. The van der Waals surface area contributed by atoms with Crippen molar-refractivity contribution >= 4 is 22.3 Å². The largest absolute Gasteiger partial charge is 0.399 e. The Balaban J connectivity index is 2.05. The predicted octanol–water partition coefficient (Wildman–Crippen LogP) is 2.99. The van der Waals surface area contributed by atoms with Gasteiger partial charge in [0.05, 0.1) is 11.6 Å². The maximum absolute atomic E-state index is 5.96. The molecule has 1 aromatic carbocycles. The minimum absolute atomic E-state index is 0.281. The molecule has 1 aliphatic rings. The van der Waals surface area contributed by atoms with Gasteiger partial charge < -0.3 is 15.4 Å². The maximum Gasteiger partial charge on any atom is 0.0772 e. The molecule has 0 radical (unpaired) electrons. The van der Waals surface area contributed by atoms with Crippen LogP contribution in [0.4, 0.5) is 11.4 Å². The Morgan fingerprint density at radius 3 is 2.90 bits per heavy atom. The van der Waals surface area contributed by atoms with Crippen LogP contribution in [0.5, 0.6) is 0 Å². The summed E-state index contributed by atoms with van der Waals surface area (Å²) in [6, 6.07) is 8.10. The zero-order valence-corrected chi connectivity index (χ0v) is 13.0. The number of ether oxygens (including phenoxy) is 1. The van der Waals surface area contributed by atoms with Gasteiger partial charge in [-0.2, -0.15) is 0 Å². The smallest absolute Gasteiger partial charge is 0.0772 e. The molecule has 1 saturated heterocycles. The van der Waals surface area contributed by atoms with Gasteiger partial charge in [-0.3, -0.25) is 4.98 Å². The fourth-order valence-corrected chi connectivity index (χ4v) is 3.18. The first-order chi connectivity index (χ1) is 10.1. The van der Waals surface area contributed by atoms with Crippen LogP contribution in [0.2, 0.25) is 0 Å². The van der Waals surface area contributed by atoms with Crippen molar-refractivity contribution in [2.75, 3.05) is 30.8 Å². The van der Waals surface area contributed by atoms with E-state index in [1.165, 1.54) is 5.69 Å². The standard InChI is InChI=1S/C17H23N3O/c1-11-6-7-20(10-17(11)21-3)16-8-12(2)19-15-5-4-13(18)9-14(15)16/h4-5,8-9,11,17H,6-7,10,18H2,1-3H3. The number of rotatable bonds is 2. The molecule has 1 aliphatic heterocycles. The van der Waals surface area contributed by atoms with E-state index in [-0.39, 0.29) is 6.10 Å². The average Bonchev–Trinajstić information content (AvgIpc) is 2.47. The molecule has 0 spiro atoms. The molecule has 2 atom stereocenters. The molecule has 1 aromatic heterocycles. The zero-order valence-electron chi connectivity index (χ0n) is 13.0. The van der Waals surface area contributed by atoms with Crippen LogP contribution in [0.15, 0.2) is 24.3 Å². The molecule has 2 unspecified atom stereocenters. The summed E-state index contributed by atoms with van der Waals surface area (Å²) in [6.07, 6.45) is 1.42. The van der Waals surface area contributed by atoms with Gasteiger partial charge in [-0.1, -0.05) is 6.92 Å². The molecule has 2 N–H and O–H groups in total. The van der Waals surface area contributed by atoms with Crippen molar-refractivity contribution in [2.24, 2.45) is 5.92 Å². The van der Waals surface area contributed by atoms with Gasteiger partial charge in [0.25, 0.3) is 0 Å². The number of aryl methyl sites for hydroxylation is 1. The average molecular weight is 285 g/mol. The Kier molecular flexibility index (Phi) is 3.72. The fourth-order valence-electron chi connectivity index (χ4n) is 3.18. The topological polar surface area (TPSA) is 51.4 Å². The van der Waals surface area contributed by atoms with E-state index in [2.05, 4.69) is 22.9 Å². The Labute approximate surface area is 125 Å². The van der Waals surface area contributed by atoms with Crippen LogP contribution >= 0.6 is 0 Å². The molecule has 4 heteroatoms. The van der Waals surface area contributed by atoms with Crippen molar-refractivity contribution in [1.82, 2.24) is 4.98 Å². The van der Waals surface area contributed by atoms with Crippen molar-refractivity contribution in [3.63, 3.8) is 0 Å². The summed E-state index contributed by atoms with van der Waals surface area (Å²) in [5.74, 6) is 0.602. The summed E-state index contributed by atoms with van der Waals surface area (Å²) >= 11 is 0. The van der Waals surface area contributed by atoms with Crippen LogP contribution in [0.1, 0.15) is 19.0 Å². The molecule has 0 amide bonds. The van der Waals surface area contributed by atoms with E-state index in [1.54, 1.807) is 7.11 Å². The lowest BCUT2D eigenvalue weighted by molar-refractivity contribution is 0.0499. The number of pyridine rings is 1. The van der Waals surface area contributed by atoms with Gasteiger partial charge in [0.1, 0.15) is 0 Å². The molecular weight excluding hydrogens is 262 g/mol. The summed E-state index contributed by atoms with van der Waals surface area (Å²) in [5, 5.41) is 1.13. The van der Waals surface area contributed by atoms with Gasteiger partial charge in [-0.05, 0) is 43.5 Å². The molecule has 0 aliphatic carbocycles. The third-order valence-electron chi connectivity index (χ3n) is 4.47. The number of aromatic nitrogens is 1. The molecule has 0 saturated carbocycles. The second-order valence-electron chi connectivity index (χ2n) is 6.05. The summed E-state index contributed by atoms with van der Waals surface area (Å²) in [6.45, 7) is 6.28. The minimum Gasteiger partial charge on any atom is -0.399 e. The molecule has 2 heterocycles. The van der Waals surface area contributed by atoms with Gasteiger partial charge in [0.2, 0.25) is 0 Å². The van der Waals surface area contributed by atoms with Crippen LogP contribution in [0.3, 0.4) is 0 Å². The van der Waals surface area contributed by atoms with E-state index in [1.807, 2.05) is 25.1 Å². The number of hydrogen-bond acceptors (Lipinski definition) is 4. The molecule has 112 valence electrons. The van der Waals surface area contributed by atoms with E-state index in [4.69, 9.17) is 10.5 Å². The second-order valence-corrected chi connectivity index (χ2v) is 6.05. The highest BCUT2D eigenvalue weighted by Crippen LogP contribution is 2.32. The third-order valence-corrected chi connectivity index (χ3v) is 4.47. The van der Waals surface area contributed by atoms with Gasteiger partial charge in [-0.25, -0.2) is 0 Å². The lowest BCUT2D eigenvalue weighted by atomic mass is 9.95. The van der Waals surface area contributed by atoms with Crippen LogP contribution in [-0.2, 0) is 4.74 Å². The van der Waals surface area contributed by atoms with Gasteiger partial charge in [-0.15, -0.1) is 0 Å². The highest BCUT2D eigenvalue weighted by Gasteiger charge is 2.27. The first-order valence-electron chi connectivity index (χ1n) is 7.53. The number of benzene rings is 1. The summed E-state index contributed by atoms with van der Waals surface area (Å²) in [4.78, 5) is 7.02. The Bertz CT molecular complexity index is 656. The monoisotopic (exact) mass is 285 g/mol. The highest BCUT2D eigenvalue weighted by atomic mass is 16.5. The predicted molar refractivity (Wildman–Crippen MR) is 87.7 cm³/mol. The third kappa shape index (κ3) is 2.68. The lowest BCUT2D eigenvalue weighted by Gasteiger charge is -2.38. The summed E-state index contributed by atoms with van der Waals surface area (Å²) < 4.78 is 5.64. The summed E-state index contributed by atoms with van der Waals surface area (Å²) in [7, 11) is 1.80. The Morgan fingerprint density at radius 2 is 2.14 bits per heavy atom. The molecule has 3 rings (SSSR count). The normalized spacial score (nSPS) is 22.7. The van der Waals surface area contributed by atoms with Crippen molar-refractivity contribution in [3.8, 4) is 0 Å². The minimum atomic E-state index is 0.281. The quantitative estimate of drug-likeness (QED) is 0.862. The molecule has 4 nitrogen and oxygen atoms in total. The highest BCUT2D eigenvalue weighted by molar-refractivity contribution is 5.94. The van der Waals surface area contributed by atoms with Crippen molar-refractivity contribution < 1.29 is 4.74 Å². The van der Waals surface area contributed by atoms with Crippen molar-refractivity contribution in [1.29, 1.82) is 0 Å². The van der Waals surface area contributed by atoms with Gasteiger partial charge in [0.15, 0.2) is 0 Å². The van der Waals surface area contributed by atoms with Crippen LogP contribution < -0.4 is 10.6 Å². The number of nitrogen functional groups attached to an aromatic ring is 1. The summed E-state index contributed by atoms with van der Waals surface area (Å²) in [5.41, 5.74) is 10.0. The molecule has 2 aromatic rings. The number of fused-ring (bicyclic) bond motifs is 1. The van der Waals surface area contributed by atoms with Crippen LogP contribution in [0, 0.1) is 12.8 Å². The van der Waals surface area contributed by atoms with E-state index in [9.17, 15) is 0 Å². The van der Waals surface area contributed by atoms with Crippen LogP contribution in [-0.4, -0.2) is 31.3 Å². The first kappa shape index (κ1) is 14.1. The number of anilines is 2. The Morgan fingerprint density at radius 1 is 1.33 bits per heavy atom. The number of nitrogens with zero attached hydrogens (tertiary/aromatic N) is 2. The first-order valence-corrected chi connectivity index (χ1v) is 7.53. The van der Waals surface area contributed by atoms with Gasteiger partial charge in [0, 0.05) is 42.7 Å². The maximum atomic E-state index is 5.96. The van der Waals surface area contributed by atoms with E-state index in [0.717, 1.165) is 41.8 Å². The number of nitrogens with two attached hydrogens (primary N) is 1. The Hall–Kier alpha value is -1.81. The van der Waals surface area contributed by atoms with E-state index < -0.39 is 0 Å². The zero-order chi connectivity index (χ0) is 15.0. The van der Waals surface area contributed by atoms with E-state index >= 15 is 0 Å². The van der Waals surface area contributed by atoms with E-state index in [0.29, 0.717) is 5.92 Å². The number of methoxy groups -OCH3 is 1. The number of piperidine rings is 1. The second kappa shape index (κ2) is 5.53. The SMILES string of the molecule is COC1CN(c2cc(C)nc3ccc(N)cc23)CCC1C. The molecular formula is C17H23N3O. The number of hydrogen-bond donors (Lipinski definition) is 1.